The highest BCUT2D eigenvalue weighted by atomic mass is 19.4. The quantitative estimate of drug-likeness (QED) is 0.437. The van der Waals surface area contributed by atoms with E-state index in [4.69, 9.17) is 14.2 Å². The number of aromatic nitrogens is 1. The Hall–Kier alpha value is -3.22. The van der Waals surface area contributed by atoms with Crippen molar-refractivity contribution in [2.45, 2.75) is 64.7 Å². The molecule has 0 N–H and O–H groups in total. The second-order valence-corrected chi connectivity index (χ2v) is 8.30. The lowest BCUT2D eigenvalue weighted by atomic mass is 10.1. The number of carbonyl (C=O) groups is 4. The third kappa shape index (κ3) is 7.14. The fourth-order valence-electron chi connectivity index (χ4n) is 3.02. The van der Waals surface area contributed by atoms with Crippen molar-refractivity contribution >= 4 is 29.6 Å². The average Bonchev–Trinajstić information content (AvgIpc) is 2.68. The number of esters is 3. The molecule has 1 aliphatic heterocycles. The highest BCUT2D eigenvalue weighted by molar-refractivity contribution is 6.00. The van der Waals surface area contributed by atoms with Crippen LogP contribution in [0.3, 0.4) is 0 Å². The molecule has 0 aromatic carbocycles. The van der Waals surface area contributed by atoms with Crippen LogP contribution in [0.25, 0.3) is 0 Å². The Kier molecular flexibility index (Phi) is 8.24. The fourth-order valence-corrected chi connectivity index (χ4v) is 3.02. The van der Waals surface area contributed by atoms with Gasteiger partial charge in [0.2, 0.25) is 12.2 Å². The number of hydrogen-bond donors (Lipinski definition) is 0. The van der Waals surface area contributed by atoms with E-state index >= 15 is 0 Å². The molecule has 1 aliphatic rings. The standard InChI is InChI=1S/C21H25F3N2O8/c1-11(27)32-16(19(30)34-20(3,4)5)15-18(29)26(9-10-31-15)14-8-6-7-13(25-14)17(21(22,23)24)33-12(2)28/h6-8,15-17H,9-10H2,1-5H3/t15-,16-,17?/m1/s1. The lowest BCUT2D eigenvalue weighted by Gasteiger charge is -2.35. The van der Waals surface area contributed by atoms with Crippen LogP contribution in [0, 0.1) is 0 Å². The number of alkyl halides is 3. The summed E-state index contributed by atoms with van der Waals surface area (Å²) in [6.07, 6.45) is -11.0. The molecule has 0 saturated carbocycles. The second kappa shape index (κ2) is 10.4. The number of anilines is 1. The fraction of sp³-hybridized carbons (Fsp3) is 0.571. The monoisotopic (exact) mass is 490 g/mol. The van der Waals surface area contributed by atoms with Gasteiger partial charge in [0.25, 0.3) is 5.91 Å². The Bertz CT molecular complexity index is 945. The Morgan fingerprint density at radius 3 is 2.26 bits per heavy atom. The number of nitrogens with zero attached hydrogens (tertiary/aromatic N) is 2. The summed E-state index contributed by atoms with van der Waals surface area (Å²) in [4.78, 5) is 53.3. The van der Waals surface area contributed by atoms with Gasteiger partial charge in [0.1, 0.15) is 11.4 Å². The molecule has 10 nitrogen and oxygen atoms in total. The molecular formula is C21H25F3N2O8. The van der Waals surface area contributed by atoms with Crippen LogP contribution in [0.2, 0.25) is 0 Å². The molecule has 1 unspecified atom stereocenters. The number of pyridine rings is 1. The Balaban J connectivity index is 2.38. The zero-order valence-corrected chi connectivity index (χ0v) is 19.2. The summed E-state index contributed by atoms with van der Waals surface area (Å²) < 4.78 is 60.2. The maximum absolute atomic E-state index is 13.4. The number of hydrogen-bond acceptors (Lipinski definition) is 9. The molecule has 0 aliphatic carbocycles. The van der Waals surface area contributed by atoms with Crippen molar-refractivity contribution in [1.82, 2.24) is 4.98 Å². The van der Waals surface area contributed by atoms with Crippen LogP contribution >= 0.6 is 0 Å². The number of amides is 1. The molecule has 3 atom stereocenters. The third-order valence-electron chi connectivity index (χ3n) is 4.21. The van der Waals surface area contributed by atoms with E-state index in [0.717, 1.165) is 24.8 Å². The molecule has 1 saturated heterocycles. The summed E-state index contributed by atoms with van der Waals surface area (Å²) in [5.74, 6) is -4.17. The van der Waals surface area contributed by atoms with Gasteiger partial charge in [-0.05, 0) is 32.9 Å². The van der Waals surface area contributed by atoms with Crippen molar-refractivity contribution < 1.29 is 51.3 Å². The molecule has 0 spiro atoms. The summed E-state index contributed by atoms with van der Waals surface area (Å²) >= 11 is 0. The number of morpholine rings is 1. The molecule has 188 valence electrons. The third-order valence-corrected chi connectivity index (χ3v) is 4.21. The van der Waals surface area contributed by atoms with Crippen molar-refractivity contribution in [2.24, 2.45) is 0 Å². The summed E-state index contributed by atoms with van der Waals surface area (Å²) in [6.45, 7) is 6.31. The molecule has 34 heavy (non-hydrogen) atoms. The Labute approximate surface area is 193 Å². The van der Waals surface area contributed by atoms with E-state index < -0.39 is 59.6 Å². The molecule has 0 bridgehead atoms. The van der Waals surface area contributed by atoms with Gasteiger partial charge in [-0.1, -0.05) is 6.07 Å². The predicted octanol–water partition coefficient (Wildman–Crippen LogP) is 2.25. The largest absolute Gasteiger partial charge is 0.457 e. The zero-order chi connectivity index (χ0) is 25.8. The first-order chi connectivity index (χ1) is 15.6. The number of halogens is 3. The summed E-state index contributed by atoms with van der Waals surface area (Å²) in [5, 5.41) is 0. The van der Waals surface area contributed by atoms with Crippen molar-refractivity contribution in [2.75, 3.05) is 18.1 Å². The predicted molar refractivity (Wildman–Crippen MR) is 108 cm³/mol. The first-order valence-corrected chi connectivity index (χ1v) is 10.1. The second-order valence-electron chi connectivity index (χ2n) is 8.30. The molecule has 0 radical (unpaired) electrons. The van der Waals surface area contributed by atoms with Gasteiger partial charge in [-0.25, -0.2) is 9.78 Å². The molecule has 1 aromatic rings. The van der Waals surface area contributed by atoms with Gasteiger partial charge in [-0.3, -0.25) is 19.3 Å². The van der Waals surface area contributed by atoms with Crippen molar-refractivity contribution in [3.8, 4) is 0 Å². The van der Waals surface area contributed by atoms with E-state index in [1.54, 1.807) is 20.8 Å². The van der Waals surface area contributed by atoms with Gasteiger partial charge in [0.15, 0.2) is 6.10 Å². The van der Waals surface area contributed by atoms with Crippen LogP contribution in [0.15, 0.2) is 18.2 Å². The van der Waals surface area contributed by atoms with E-state index in [-0.39, 0.29) is 19.0 Å². The molecule has 1 aromatic heterocycles. The minimum Gasteiger partial charge on any atom is -0.457 e. The summed E-state index contributed by atoms with van der Waals surface area (Å²) in [6, 6.07) is 3.46. The normalized spacial score (nSPS) is 18.6. The first-order valence-electron chi connectivity index (χ1n) is 10.1. The van der Waals surface area contributed by atoms with Crippen LogP contribution in [0.1, 0.15) is 46.4 Å². The molecule has 13 heteroatoms. The molecule has 1 amide bonds. The smallest absolute Gasteiger partial charge is 0.431 e. The number of rotatable bonds is 6. The highest BCUT2D eigenvalue weighted by Gasteiger charge is 2.47. The Morgan fingerprint density at radius 1 is 1.12 bits per heavy atom. The number of carbonyl (C=O) groups excluding carboxylic acids is 4. The summed E-state index contributed by atoms with van der Waals surface area (Å²) in [7, 11) is 0. The minimum absolute atomic E-state index is 0.114. The average molecular weight is 490 g/mol. The van der Waals surface area contributed by atoms with Gasteiger partial charge >= 0.3 is 24.1 Å². The maximum atomic E-state index is 13.4. The van der Waals surface area contributed by atoms with Gasteiger partial charge < -0.3 is 18.9 Å². The zero-order valence-electron chi connectivity index (χ0n) is 19.2. The van der Waals surface area contributed by atoms with Crippen LogP contribution in [0.5, 0.6) is 0 Å². The van der Waals surface area contributed by atoms with Crippen LogP contribution in [-0.2, 0) is 38.1 Å². The highest BCUT2D eigenvalue weighted by Crippen LogP contribution is 2.36. The topological polar surface area (TPSA) is 121 Å². The van der Waals surface area contributed by atoms with Crippen molar-refractivity contribution in [3.63, 3.8) is 0 Å². The van der Waals surface area contributed by atoms with Crippen molar-refractivity contribution in [1.29, 1.82) is 0 Å². The summed E-state index contributed by atoms with van der Waals surface area (Å²) in [5.41, 5.74) is -1.62. The Morgan fingerprint density at radius 2 is 1.74 bits per heavy atom. The molecule has 1 fully saturated rings. The van der Waals surface area contributed by atoms with E-state index in [1.807, 2.05) is 0 Å². The lowest BCUT2D eigenvalue weighted by molar-refractivity contribution is -0.223. The lowest BCUT2D eigenvalue weighted by Crippen LogP contribution is -2.56. The van der Waals surface area contributed by atoms with Gasteiger partial charge in [-0.15, -0.1) is 0 Å². The van der Waals surface area contributed by atoms with Crippen LogP contribution in [-0.4, -0.2) is 65.9 Å². The SMILES string of the molecule is CC(=O)OC(c1cccc(N2CCO[C@H]([C@@H](OC(C)=O)C(=O)OC(C)(C)C)C2=O)n1)C(F)(F)F. The molecular weight excluding hydrogens is 465 g/mol. The van der Waals surface area contributed by atoms with Gasteiger partial charge in [0, 0.05) is 13.8 Å². The van der Waals surface area contributed by atoms with Gasteiger partial charge in [0.05, 0.1) is 18.8 Å². The molecule has 2 rings (SSSR count). The van der Waals surface area contributed by atoms with Crippen LogP contribution in [0.4, 0.5) is 19.0 Å². The number of ether oxygens (including phenoxy) is 4. The van der Waals surface area contributed by atoms with E-state index in [0.29, 0.717) is 0 Å². The van der Waals surface area contributed by atoms with E-state index in [2.05, 4.69) is 9.72 Å². The maximum Gasteiger partial charge on any atom is 0.431 e. The van der Waals surface area contributed by atoms with Gasteiger partial charge in [-0.2, -0.15) is 13.2 Å². The van der Waals surface area contributed by atoms with E-state index in [9.17, 15) is 32.3 Å². The van der Waals surface area contributed by atoms with E-state index in [1.165, 1.54) is 12.1 Å². The van der Waals surface area contributed by atoms with Crippen molar-refractivity contribution in [3.05, 3.63) is 23.9 Å². The minimum atomic E-state index is -4.95. The van der Waals surface area contributed by atoms with Crippen LogP contribution < -0.4 is 4.90 Å². The molecule has 2 heterocycles. The first kappa shape index (κ1) is 27.0.